The number of nitrogens with one attached hydrogen (secondary N) is 2. The summed E-state index contributed by atoms with van der Waals surface area (Å²) in [5.41, 5.74) is 3.63. The largest absolute Gasteiger partial charge is 0.322 e. The van der Waals surface area contributed by atoms with Crippen molar-refractivity contribution in [1.29, 1.82) is 0 Å². The molecule has 31 heavy (non-hydrogen) atoms. The zero-order valence-electron chi connectivity index (χ0n) is 17.2. The van der Waals surface area contributed by atoms with Crippen LogP contribution in [0, 0.1) is 6.92 Å². The van der Waals surface area contributed by atoms with E-state index >= 15 is 0 Å². The van der Waals surface area contributed by atoms with Crippen molar-refractivity contribution in [3.05, 3.63) is 75.7 Å². The molecule has 8 nitrogen and oxygen atoms in total. The number of imidazole rings is 1. The Balaban J connectivity index is 1.52. The molecule has 2 aromatic heterocycles. The van der Waals surface area contributed by atoms with Gasteiger partial charge < -0.3 is 4.98 Å². The van der Waals surface area contributed by atoms with Gasteiger partial charge in [-0.1, -0.05) is 31.2 Å². The molecule has 0 unspecified atom stereocenters. The second kappa shape index (κ2) is 7.09. The maximum atomic E-state index is 13.2. The lowest BCUT2D eigenvalue weighted by Crippen LogP contribution is -2.31. The fourth-order valence-electron chi connectivity index (χ4n) is 4.17. The molecule has 1 aliphatic rings. The molecule has 156 valence electrons. The topological polar surface area (TPSA) is 104 Å². The Bertz CT molecular complexity index is 1340. The zero-order valence-corrected chi connectivity index (χ0v) is 17.2. The van der Waals surface area contributed by atoms with Crippen LogP contribution >= 0.6 is 0 Å². The normalized spacial score (nSPS) is 16.6. The Morgan fingerprint density at radius 2 is 1.81 bits per heavy atom. The molecule has 1 atom stereocenters. The molecule has 0 bridgehead atoms. The lowest BCUT2D eigenvalue weighted by atomic mass is 9.98. The number of amides is 2. The summed E-state index contributed by atoms with van der Waals surface area (Å²) in [5, 5.41) is 3.00. The van der Waals surface area contributed by atoms with Gasteiger partial charge in [-0.3, -0.25) is 24.4 Å². The molecule has 0 spiro atoms. The molecule has 3 heterocycles. The van der Waals surface area contributed by atoms with Crippen molar-refractivity contribution in [1.82, 2.24) is 19.7 Å². The first kappa shape index (κ1) is 19.0. The molecule has 0 aliphatic carbocycles. The quantitative estimate of drug-likeness (QED) is 0.500. The summed E-state index contributed by atoms with van der Waals surface area (Å²) in [6, 6.07) is 14.8. The second-order valence-electron chi connectivity index (χ2n) is 7.71. The van der Waals surface area contributed by atoms with E-state index < -0.39 is 5.92 Å². The van der Waals surface area contributed by atoms with Crippen molar-refractivity contribution in [2.24, 2.45) is 0 Å². The lowest BCUT2D eigenvalue weighted by Gasteiger charge is -2.15. The molecule has 8 heteroatoms. The molecule has 2 aromatic carbocycles. The molecule has 1 fully saturated rings. The molecule has 1 saturated heterocycles. The number of para-hydroxylation sites is 2. The summed E-state index contributed by atoms with van der Waals surface area (Å²) in [6.07, 6.45) is 0.830. The van der Waals surface area contributed by atoms with E-state index in [-0.39, 0.29) is 23.8 Å². The van der Waals surface area contributed by atoms with Crippen LogP contribution < -0.4 is 10.5 Å². The van der Waals surface area contributed by atoms with Crippen LogP contribution in [0.2, 0.25) is 0 Å². The molecule has 2 N–H and O–H groups in total. The van der Waals surface area contributed by atoms with Crippen molar-refractivity contribution in [3.63, 3.8) is 0 Å². The van der Waals surface area contributed by atoms with Gasteiger partial charge in [0.1, 0.15) is 0 Å². The number of rotatable bonds is 4. The molecular weight excluding hydrogens is 394 g/mol. The smallest absolute Gasteiger partial charge is 0.278 e. The van der Waals surface area contributed by atoms with Gasteiger partial charge in [0.15, 0.2) is 0 Å². The van der Waals surface area contributed by atoms with Gasteiger partial charge in [0.2, 0.25) is 17.8 Å². The minimum absolute atomic E-state index is 0.0393. The van der Waals surface area contributed by atoms with E-state index in [2.05, 4.69) is 15.1 Å². The van der Waals surface area contributed by atoms with Crippen molar-refractivity contribution < 1.29 is 9.59 Å². The van der Waals surface area contributed by atoms with Gasteiger partial charge in [-0.25, -0.2) is 4.98 Å². The first-order valence-corrected chi connectivity index (χ1v) is 10.2. The predicted molar refractivity (Wildman–Crippen MR) is 116 cm³/mol. The summed E-state index contributed by atoms with van der Waals surface area (Å²) in [4.78, 5) is 47.9. The average molecular weight is 415 g/mol. The van der Waals surface area contributed by atoms with Gasteiger partial charge in [0.25, 0.3) is 5.56 Å². The van der Waals surface area contributed by atoms with E-state index in [4.69, 9.17) is 0 Å². The number of anilines is 1. The van der Waals surface area contributed by atoms with E-state index in [9.17, 15) is 14.4 Å². The summed E-state index contributed by atoms with van der Waals surface area (Å²) in [7, 11) is 0. The van der Waals surface area contributed by atoms with Gasteiger partial charge in [-0.2, -0.15) is 4.68 Å². The molecular formula is C23H21N5O3. The number of H-pyrrole nitrogens is 2. The van der Waals surface area contributed by atoms with E-state index in [1.165, 1.54) is 9.58 Å². The molecule has 1 aliphatic heterocycles. The Morgan fingerprint density at radius 1 is 1.06 bits per heavy atom. The number of benzene rings is 2. The highest BCUT2D eigenvalue weighted by atomic mass is 16.2. The Hall–Kier alpha value is -3.94. The Morgan fingerprint density at radius 3 is 2.52 bits per heavy atom. The summed E-state index contributed by atoms with van der Waals surface area (Å²) < 4.78 is 1.29. The van der Waals surface area contributed by atoms with Gasteiger partial charge in [-0.05, 0) is 43.2 Å². The van der Waals surface area contributed by atoms with Crippen LogP contribution in [0.15, 0.2) is 53.3 Å². The zero-order chi connectivity index (χ0) is 21.7. The van der Waals surface area contributed by atoms with Crippen LogP contribution in [0.3, 0.4) is 0 Å². The maximum Gasteiger partial charge on any atom is 0.278 e. The van der Waals surface area contributed by atoms with Crippen molar-refractivity contribution >= 4 is 28.5 Å². The van der Waals surface area contributed by atoms with Crippen molar-refractivity contribution in [2.45, 2.75) is 32.6 Å². The van der Waals surface area contributed by atoms with Crippen LogP contribution in [-0.2, 0) is 16.0 Å². The number of aromatic amines is 2. The van der Waals surface area contributed by atoms with Gasteiger partial charge in [0, 0.05) is 12.1 Å². The Labute approximate surface area is 177 Å². The molecule has 0 saturated carbocycles. The van der Waals surface area contributed by atoms with Gasteiger partial charge >= 0.3 is 0 Å². The van der Waals surface area contributed by atoms with Crippen LogP contribution in [0.4, 0.5) is 5.69 Å². The standard InChI is InChI=1S/C23H21N5O3/c1-3-14-8-10-15(11-9-14)27-19(29)12-16(21(27)30)20-13(2)26-28(22(20)31)23-24-17-6-4-5-7-18(17)25-23/h4-11,16,26H,3,12H2,1-2H3,(H,24,25)/t16-/m1/s1. The first-order chi connectivity index (χ1) is 15.0. The number of aromatic nitrogens is 4. The summed E-state index contributed by atoms with van der Waals surface area (Å²) in [6.45, 7) is 3.77. The monoisotopic (exact) mass is 415 g/mol. The van der Waals surface area contributed by atoms with E-state index in [0.717, 1.165) is 23.0 Å². The third-order valence-corrected chi connectivity index (χ3v) is 5.80. The Kier molecular flexibility index (Phi) is 4.35. The predicted octanol–water partition coefficient (Wildman–Crippen LogP) is 2.96. The van der Waals surface area contributed by atoms with Gasteiger partial charge in [-0.15, -0.1) is 0 Å². The molecule has 5 rings (SSSR count). The summed E-state index contributed by atoms with van der Waals surface area (Å²) >= 11 is 0. The maximum absolute atomic E-state index is 13.2. The minimum atomic E-state index is -0.826. The first-order valence-electron chi connectivity index (χ1n) is 10.2. The second-order valence-corrected chi connectivity index (χ2v) is 7.71. The highest BCUT2D eigenvalue weighted by Crippen LogP contribution is 2.33. The summed E-state index contributed by atoms with van der Waals surface area (Å²) in [5.74, 6) is -1.18. The highest BCUT2D eigenvalue weighted by Gasteiger charge is 2.43. The highest BCUT2D eigenvalue weighted by molar-refractivity contribution is 6.22. The SMILES string of the molecule is CCc1ccc(N2C(=O)C[C@H](c3c(C)[nH]n(-c4nc5ccccc5[nH]4)c3=O)C2=O)cc1. The third-order valence-electron chi connectivity index (χ3n) is 5.80. The fourth-order valence-corrected chi connectivity index (χ4v) is 4.17. The van der Waals surface area contributed by atoms with Crippen LogP contribution in [-0.4, -0.2) is 31.6 Å². The van der Waals surface area contributed by atoms with Gasteiger partial charge in [0.05, 0.1) is 28.2 Å². The number of aryl methyl sites for hydroxylation is 2. The molecule has 0 radical (unpaired) electrons. The van der Waals surface area contributed by atoms with Crippen LogP contribution in [0.5, 0.6) is 0 Å². The number of carbonyl (C=O) groups excluding carboxylic acids is 2. The lowest BCUT2D eigenvalue weighted by molar-refractivity contribution is -0.121. The number of imide groups is 1. The van der Waals surface area contributed by atoms with E-state index in [0.29, 0.717) is 22.9 Å². The van der Waals surface area contributed by atoms with Crippen molar-refractivity contribution in [3.8, 4) is 5.95 Å². The minimum Gasteiger partial charge on any atom is -0.322 e. The van der Waals surface area contributed by atoms with E-state index in [1.807, 2.05) is 43.3 Å². The molecule has 2 amide bonds. The van der Waals surface area contributed by atoms with Crippen LogP contribution in [0.1, 0.15) is 36.1 Å². The van der Waals surface area contributed by atoms with Crippen LogP contribution in [0.25, 0.3) is 17.0 Å². The number of hydrogen-bond acceptors (Lipinski definition) is 4. The van der Waals surface area contributed by atoms with Crippen molar-refractivity contribution in [2.75, 3.05) is 4.90 Å². The average Bonchev–Trinajstić information content (AvgIpc) is 3.41. The van der Waals surface area contributed by atoms with E-state index in [1.54, 1.807) is 19.1 Å². The number of carbonyl (C=O) groups is 2. The number of nitrogens with zero attached hydrogens (tertiary/aromatic N) is 3. The number of hydrogen-bond donors (Lipinski definition) is 2. The fraction of sp³-hybridized carbons (Fsp3) is 0.217. The number of fused-ring (bicyclic) bond motifs is 1. The molecule has 4 aromatic rings. The third kappa shape index (κ3) is 2.99.